The molecule has 1 fully saturated rings. The molecule has 0 spiro atoms. The summed E-state index contributed by atoms with van der Waals surface area (Å²) in [6.07, 6.45) is 10.2. The zero-order chi connectivity index (χ0) is 15.6. The minimum Gasteiger partial charge on any atom is -0.372 e. The van der Waals surface area contributed by atoms with Crippen LogP contribution in [0.1, 0.15) is 30.2 Å². The number of fused-ring (bicyclic) bond motifs is 1. The zero-order valence-corrected chi connectivity index (χ0v) is 13.2. The van der Waals surface area contributed by atoms with E-state index >= 15 is 0 Å². The van der Waals surface area contributed by atoms with Gasteiger partial charge in [-0.3, -0.25) is 4.68 Å². The summed E-state index contributed by atoms with van der Waals surface area (Å²) in [5.74, 6) is 0. The van der Waals surface area contributed by atoms with Gasteiger partial charge in [-0.1, -0.05) is 6.07 Å². The molecule has 0 unspecified atom stereocenters. The predicted octanol–water partition coefficient (Wildman–Crippen LogP) is 2.08. The van der Waals surface area contributed by atoms with E-state index in [1.54, 1.807) is 0 Å². The fourth-order valence-electron chi connectivity index (χ4n) is 3.26. The summed E-state index contributed by atoms with van der Waals surface area (Å²) in [7, 11) is 1.94. The molecule has 0 aliphatic carbocycles. The third-order valence-corrected chi connectivity index (χ3v) is 4.41. The molecular formula is C17H21N5O. The largest absolute Gasteiger partial charge is 0.372 e. The van der Waals surface area contributed by atoms with Crippen molar-refractivity contribution in [2.24, 2.45) is 7.05 Å². The predicted molar refractivity (Wildman–Crippen MR) is 87.0 cm³/mol. The first kappa shape index (κ1) is 14.4. The summed E-state index contributed by atoms with van der Waals surface area (Å²) in [5.41, 5.74) is 3.28. The van der Waals surface area contributed by atoms with Crippen LogP contribution in [0, 0.1) is 0 Å². The van der Waals surface area contributed by atoms with Crippen molar-refractivity contribution < 1.29 is 4.74 Å². The molecule has 23 heavy (non-hydrogen) atoms. The van der Waals surface area contributed by atoms with Crippen LogP contribution in [0.25, 0.3) is 5.65 Å². The molecule has 1 saturated heterocycles. The standard InChI is InChI=1S/C17H21N5O/c1-21-12-13(9-20-21)17-15(5-4-8-23-17)18-10-14-11-19-16-6-2-3-7-22(14)16/h2-3,6-7,9,11-12,15,17-18H,4-5,8,10H2,1H3/t15-,17+/m0/s1. The maximum Gasteiger partial charge on any atom is 0.136 e. The van der Waals surface area contributed by atoms with Crippen LogP contribution in [0.15, 0.2) is 43.0 Å². The number of hydrogen-bond donors (Lipinski definition) is 1. The number of nitrogens with one attached hydrogen (secondary N) is 1. The van der Waals surface area contributed by atoms with Gasteiger partial charge in [-0.05, 0) is 25.0 Å². The van der Waals surface area contributed by atoms with Gasteiger partial charge >= 0.3 is 0 Å². The van der Waals surface area contributed by atoms with Crippen molar-refractivity contribution in [3.05, 3.63) is 54.2 Å². The minimum absolute atomic E-state index is 0.0663. The van der Waals surface area contributed by atoms with Crippen LogP contribution < -0.4 is 5.32 Å². The highest BCUT2D eigenvalue weighted by molar-refractivity contribution is 5.39. The second-order valence-corrected chi connectivity index (χ2v) is 6.05. The average Bonchev–Trinajstić information content (AvgIpc) is 3.19. The lowest BCUT2D eigenvalue weighted by molar-refractivity contribution is -0.0113. The van der Waals surface area contributed by atoms with E-state index in [2.05, 4.69) is 26.0 Å². The quantitative estimate of drug-likeness (QED) is 0.801. The topological polar surface area (TPSA) is 56.4 Å². The van der Waals surface area contributed by atoms with E-state index in [0.29, 0.717) is 6.04 Å². The van der Waals surface area contributed by atoms with E-state index in [9.17, 15) is 0 Å². The number of pyridine rings is 1. The summed E-state index contributed by atoms with van der Waals surface area (Å²) < 4.78 is 9.96. The van der Waals surface area contributed by atoms with E-state index in [0.717, 1.165) is 42.9 Å². The second kappa shape index (κ2) is 6.14. The van der Waals surface area contributed by atoms with Crippen molar-refractivity contribution in [3.8, 4) is 0 Å². The highest BCUT2D eigenvalue weighted by Gasteiger charge is 2.28. The summed E-state index contributed by atoms with van der Waals surface area (Å²) in [6, 6.07) is 6.35. The van der Waals surface area contributed by atoms with E-state index in [4.69, 9.17) is 4.74 Å². The first-order valence-corrected chi connectivity index (χ1v) is 8.06. The number of imidazole rings is 1. The molecule has 120 valence electrons. The van der Waals surface area contributed by atoms with Gasteiger partial charge in [0.2, 0.25) is 0 Å². The minimum atomic E-state index is 0.0663. The van der Waals surface area contributed by atoms with Crippen molar-refractivity contribution in [1.29, 1.82) is 0 Å². The molecule has 2 atom stereocenters. The first-order chi connectivity index (χ1) is 11.3. The van der Waals surface area contributed by atoms with Crippen LogP contribution in [0.4, 0.5) is 0 Å². The SMILES string of the molecule is Cn1cc([C@H]2OCCC[C@@H]2NCc2cnc3ccccn23)cn1. The van der Waals surface area contributed by atoms with Gasteiger partial charge in [0, 0.05) is 44.2 Å². The number of nitrogens with zero attached hydrogens (tertiary/aromatic N) is 4. The van der Waals surface area contributed by atoms with Gasteiger partial charge in [-0.2, -0.15) is 5.10 Å². The smallest absolute Gasteiger partial charge is 0.136 e. The maximum atomic E-state index is 6.01. The van der Waals surface area contributed by atoms with Crippen molar-refractivity contribution in [1.82, 2.24) is 24.5 Å². The molecule has 0 bridgehead atoms. The molecule has 1 N–H and O–H groups in total. The molecule has 6 nitrogen and oxygen atoms in total. The van der Waals surface area contributed by atoms with Gasteiger partial charge in [0.1, 0.15) is 11.8 Å². The fraction of sp³-hybridized carbons (Fsp3) is 0.412. The molecule has 6 heteroatoms. The van der Waals surface area contributed by atoms with Crippen LogP contribution in [-0.4, -0.2) is 31.8 Å². The lowest BCUT2D eigenvalue weighted by Gasteiger charge is -2.32. The molecule has 4 rings (SSSR count). The number of ether oxygens (including phenoxy) is 1. The van der Waals surface area contributed by atoms with E-state index in [-0.39, 0.29) is 6.10 Å². The van der Waals surface area contributed by atoms with Gasteiger partial charge in [0.15, 0.2) is 0 Å². The Morgan fingerprint density at radius 1 is 1.35 bits per heavy atom. The third kappa shape index (κ3) is 2.87. The van der Waals surface area contributed by atoms with Crippen LogP contribution in [-0.2, 0) is 18.3 Å². The lowest BCUT2D eigenvalue weighted by Crippen LogP contribution is -2.39. The Hall–Kier alpha value is -2.18. The monoisotopic (exact) mass is 311 g/mol. The Balaban J connectivity index is 1.50. The van der Waals surface area contributed by atoms with Crippen LogP contribution in [0.5, 0.6) is 0 Å². The fourth-order valence-corrected chi connectivity index (χ4v) is 3.26. The maximum absolute atomic E-state index is 6.01. The Morgan fingerprint density at radius 3 is 3.17 bits per heavy atom. The molecule has 3 aromatic heterocycles. The summed E-state index contributed by atoms with van der Waals surface area (Å²) >= 11 is 0. The molecule has 3 aromatic rings. The molecule has 0 saturated carbocycles. The van der Waals surface area contributed by atoms with Gasteiger partial charge in [-0.15, -0.1) is 0 Å². The van der Waals surface area contributed by atoms with Crippen molar-refractivity contribution >= 4 is 5.65 Å². The Morgan fingerprint density at radius 2 is 2.30 bits per heavy atom. The zero-order valence-electron chi connectivity index (χ0n) is 13.2. The van der Waals surface area contributed by atoms with E-state index in [1.165, 1.54) is 0 Å². The second-order valence-electron chi connectivity index (χ2n) is 6.05. The third-order valence-electron chi connectivity index (χ3n) is 4.41. The Labute approximate surface area is 135 Å². The molecule has 0 radical (unpaired) electrons. The number of aryl methyl sites for hydroxylation is 1. The Kier molecular flexibility index (Phi) is 3.85. The number of rotatable bonds is 4. The van der Waals surface area contributed by atoms with E-state index in [1.807, 2.05) is 48.5 Å². The summed E-state index contributed by atoms with van der Waals surface area (Å²) in [5, 5.41) is 7.92. The number of aromatic nitrogens is 4. The normalized spacial score (nSPS) is 21.8. The van der Waals surface area contributed by atoms with Gasteiger partial charge in [0.05, 0.1) is 18.1 Å². The van der Waals surface area contributed by atoms with Crippen LogP contribution in [0.2, 0.25) is 0 Å². The molecule has 0 amide bonds. The van der Waals surface area contributed by atoms with Crippen molar-refractivity contribution in [2.75, 3.05) is 6.61 Å². The molecule has 0 aromatic carbocycles. The first-order valence-electron chi connectivity index (χ1n) is 8.06. The molecular weight excluding hydrogens is 290 g/mol. The van der Waals surface area contributed by atoms with E-state index < -0.39 is 0 Å². The molecule has 1 aliphatic rings. The number of hydrogen-bond acceptors (Lipinski definition) is 4. The van der Waals surface area contributed by atoms with Gasteiger partial charge in [0.25, 0.3) is 0 Å². The van der Waals surface area contributed by atoms with Gasteiger partial charge < -0.3 is 14.5 Å². The molecule has 1 aliphatic heterocycles. The highest BCUT2D eigenvalue weighted by atomic mass is 16.5. The van der Waals surface area contributed by atoms with Crippen LogP contribution >= 0.6 is 0 Å². The average molecular weight is 311 g/mol. The lowest BCUT2D eigenvalue weighted by atomic mass is 9.98. The molecule has 4 heterocycles. The van der Waals surface area contributed by atoms with Crippen molar-refractivity contribution in [2.45, 2.75) is 31.5 Å². The van der Waals surface area contributed by atoms with Crippen molar-refractivity contribution in [3.63, 3.8) is 0 Å². The Bertz CT molecular complexity index is 793. The van der Waals surface area contributed by atoms with Crippen LogP contribution in [0.3, 0.4) is 0 Å². The summed E-state index contributed by atoms with van der Waals surface area (Å²) in [6.45, 7) is 1.59. The summed E-state index contributed by atoms with van der Waals surface area (Å²) in [4.78, 5) is 4.44. The van der Waals surface area contributed by atoms with Gasteiger partial charge in [-0.25, -0.2) is 4.98 Å². The highest BCUT2D eigenvalue weighted by Crippen LogP contribution is 2.28.